The minimum absolute atomic E-state index is 0.447. The van der Waals surface area contributed by atoms with Gasteiger partial charge in [0.1, 0.15) is 11.6 Å². The average Bonchev–Trinajstić information content (AvgIpc) is 3.10. The highest BCUT2D eigenvalue weighted by molar-refractivity contribution is 5.70. The first kappa shape index (κ1) is 15.0. The number of hydrogen-bond donors (Lipinski definition) is 1. The monoisotopic (exact) mass is 310 g/mol. The lowest BCUT2D eigenvalue weighted by Crippen LogP contribution is -2.03. The molecule has 118 valence electrons. The number of rotatable bonds is 6. The average molecular weight is 310 g/mol. The molecule has 0 aliphatic heterocycles. The van der Waals surface area contributed by atoms with Crippen molar-refractivity contribution in [3.05, 3.63) is 42.6 Å². The number of benzene rings is 1. The molecular weight excluding hydrogens is 292 g/mol. The molecule has 0 bridgehead atoms. The molecule has 2 aromatic heterocycles. The highest BCUT2D eigenvalue weighted by Crippen LogP contribution is 2.27. The Balaban J connectivity index is 1.89. The summed E-state index contributed by atoms with van der Waals surface area (Å²) in [7, 11) is 1.63. The van der Waals surface area contributed by atoms with Crippen LogP contribution in [-0.4, -0.2) is 28.8 Å². The molecule has 0 atom stereocenters. The van der Waals surface area contributed by atoms with Crippen molar-refractivity contribution in [1.29, 1.82) is 0 Å². The second kappa shape index (κ2) is 6.91. The lowest BCUT2D eigenvalue weighted by atomic mass is 10.2. The molecule has 6 nitrogen and oxygen atoms in total. The van der Waals surface area contributed by atoms with E-state index < -0.39 is 0 Å². The number of nitrogens with one attached hydrogen (secondary N) is 1. The highest BCUT2D eigenvalue weighted by Gasteiger charge is 2.14. The third-order valence-corrected chi connectivity index (χ3v) is 3.35. The van der Waals surface area contributed by atoms with Gasteiger partial charge in [0, 0.05) is 18.3 Å². The van der Waals surface area contributed by atoms with Crippen molar-refractivity contribution in [2.24, 2.45) is 0 Å². The molecule has 0 aliphatic rings. The molecule has 0 aliphatic carbocycles. The second-order valence-corrected chi connectivity index (χ2v) is 4.98. The van der Waals surface area contributed by atoms with Crippen molar-refractivity contribution in [2.75, 3.05) is 19.0 Å². The van der Waals surface area contributed by atoms with Gasteiger partial charge in [0.25, 0.3) is 5.89 Å². The highest BCUT2D eigenvalue weighted by atomic mass is 16.5. The largest absolute Gasteiger partial charge is 0.497 e. The predicted octanol–water partition coefficient (Wildman–Crippen LogP) is 3.63. The maximum atomic E-state index is 5.41. The molecule has 1 aromatic carbocycles. The van der Waals surface area contributed by atoms with E-state index in [0.29, 0.717) is 11.7 Å². The van der Waals surface area contributed by atoms with Crippen LogP contribution in [0.5, 0.6) is 5.75 Å². The summed E-state index contributed by atoms with van der Waals surface area (Å²) in [5.41, 5.74) is 1.67. The summed E-state index contributed by atoms with van der Waals surface area (Å²) in [5.74, 6) is 2.52. The van der Waals surface area contributed by atoms with Crippen molar-refractivity contribution in [1.82, 2.24) is 15.1 Å². The number of ether oxygens (including phenoxy) is 1. The Hall–Kier alpha value is -2.89. The van der Waals surface area contributed by atoms with Crippen LogP contribution >= 0.6 is 0 Å². The van der Waals surface area contributed by atoms with Crippen molar-refractivity contribution in [2.45, 2.75) is 13.3 Å². The molecule has 0 saturated heterocycles. The number of pyridine rings is 1. The molecule has 0 radical (unpaired) electrons. The predicted molar refractivity (Wildman–Crippen MR) is 88.3 cm³/mol. The van der Waals surface area contributed by atoms with Gasteiger partial charge in [-0.25, -0.2) is 4.98 Å². The van der Waals surface area contributed by atoms with Crippen LogP contribution in [0.2, 0.25) is 0 Å². The van der Waals surface area contributed by atoms with E-state index in [1.807, 2.05) is 36.4 Å². The summed E-state index contributed by atoms with van der Waals surface area (Å²) in [6.07, 6.45) is 2.75. The third-order valence-electron chi connectivity index (χ3n) is 3.35. The first-order valence-electron chi connectivity index (χ1n) is 7.49. The standard InChI is InChI=1S/C17H18N4O2/c1-3-10-18-16-14(5-4-11-19-16)17-20-15(21-23-17)12-6-8-13(22-2)9-7-12/h4-9,11H,3,10H2,1-2H3,(H,18,19). The van der Waals surface area contributed by atoms with Crippen LogP contribution in [0.15, 0.2) is 47.1 Å². The van der Waals surface area contributed by atoms with E-state index in [1.165, 1.54) is 0 Å². The van der Waals surface area contributed by atoms with Crippen LogP contribution in [0.1, 0.15) is 13.3 Å². The number of aromatic nitrogens is 3. The van der Waals surface area contributed by atoms with Crippen LogP contribution in [-0.2, 0) is 0 Å². The molecule has 0 saturated carbocycles. The Morgan fingerprint density at radius 2 is 2.00 bits per heavy atom. The van der Waals surface area contributed by atoms with Gasteiger partial charge in [-0.15, -0.1) is 0 Å². The van der Waals surface area contributed by atoms with Gasteiger partial charge >= 0.3 is 0 Å². The maximum absolute atomic E-state index is 5.41. The van der Waals surface area contributed by atoms with E-state index in [4.69, 9.17) is 9.26 Å². The number of nitrogens with zero attached hydrogens (tertiary/aromatic N) is 3. The van der Waals surface area contributed by atoms with E-state index in [1.54, 1.807) is 13.3 Å². The molecule has 0 amide bonds. The Morgan fingerprint density at radius 3 is 2.74 bits per heavy atom. The van der Waals surface area contributed by atoms with Gasteiger partial charge in [-0.3, -0.25) is 0 Å². The first-order chi connectivity index (χ1) is 11.3. The number of hydrogen-bond acceptors (Lipinski definition) is 6. The van der Waals surface area contributed by atoms with E-state index in [2.05, 4.69) is 27.4 Å². The van der Waals surface area contributed by atoms with Gasteiger partial charge in [0.15, 0.2) is 0 Å². The van der Waals surface area contributed by atoms with Crippen LogP contribution in [0.4, 0.5) is 5.82 Å². The number of anilines is 1. The van der Waals surface area contributed by atoms with Gasteiger partial charge < -0.3 is 14.6 Å². The zero-order chi connectivity index (χ0) is 16.1. The summed E-state index contributed by atoms with van der Waals surface area (Å²) in [4.78, 5) is 8.82. The molecule has 3 rings (SSSR count). The minimum atomic E-state index is 0.447. The summed E-state index contributed by atoms with van der Waals surface area (Å²) in [6, 6.07) is 11.3. The Morgan fingerprint density at radius 1 is 1.17 bits per heavy atom. The molecular formula is C17H18N4O2. The van der Waals surface area contributed by atoms with Crippen LogP contribution in [0.25, 0.3) is 22.8 Å². The zero-order valence-electron chi connectivity index (χ0n) is 13.1. The summed E-state index contributed by atoms with van der Waals surface area (Å²) >= 11 is 0. The van der Waals surface area contributed by atoms with E-state index in [0.717, 1.165) is 35.7 Å². The molecule has 0 fully saturated rings. The normalized spacial score (nSPS) is 10.5. The Kier molecular flexibility index (Phi) is 4.52. The molecule has 0 spiro atoms. The quantitative estimate of drug-likeness (QED) is 0.749. The van der Waals surface area contributed by atoms with Crippen LogP contribution in [0.3, 0.4) is 0 Å². The SMILES string of the molecule is CCCNc1ncccc1-c1nc(-c2ccc(OC)cc2)no1. The van der Waals surface area contributed by atoms with Gasteiger partial charge in [0.2, 0.25) is 5.82 Å². The lowest BCUT2D eigenvalue weighted by molar-refractivity contribution is 0.415. The van der Waals surface area contributed by atoms with E-state index >= 15 is 0 Å². The fourth-order valence-electron chi connectivity index (χ4n) is 2.15. The van der Waals surface area contributed by atoms with E-state index in [-0.39, 0.29) is 0 Å². The molecule has 2 heterocycles. The van der Waals surface area contributed by atoms with Gasteiger partial charge in [-0.05, 0) is 42.8 Å². The third kappa shape index (κ3) is 3.31. The second-order valence-electron chi connectivity index (χ2n) is 4.98. The van der Waals surface area contributed by atoms with E-state index in [9.17, 15) is 0 Å². The summed E-state index contributed by atoms with van der Waals surface area (Å²) in [5, 5.41) is 7.33. The Bertz CT molecular complexity index is 768. The Labute approximate surface area is 134 Å². The van der Waals surface area contributed by atoms with Crippen molar-refractivity contribution >= 4 is 5.82 Å². The molecule has 6 heteroatoms. The summed E-state index contributed by atoms with van der Waals surface area (Å²) < 4.78 is 10.6. The van der Waals surface area contributed by atoms with Crippen molar-refractivity contribution < 1.29 is 9.26 Å². The smallest absolute Gasteiger partial charge is 0.261 e. The maximum Gasteiger partial charge on any atom is 0.261 e. The molecule has 3 aromatic rings. The van der Waals surface area contributed by atoms with Crippen molar-refractivity contribution in [3.8, 4) is 28.6 Å². The van der Waals surface area contributed by atoms with Gasteiger partial charge in [0.05, 0.1) is 12.7 Å². The van der Waals surface area contributed by atoms with Crippen LogP contribution < -0.4 is 10.1 Å². The minimum Gasteiger partial charge on any atom is -0.497 e. The van der Waals surface area contributed by atoms with Crippen molar-refractivity contribution in [3.63, 3.8) is 0 Å². The molecule has 0 unspecified atom stereocenters. The fraction of sp³-hybridized carbons (Fsp3) is 0.235. The lowest BCUT2D eigenvalue weighted by Gasteiger charge is -2.06. The van der Waals surface area contributed by atoms with Gasteiger partial charge in [-0.2, -0.15) is 4.98 Å². The topological polar surface area (TPSA) is 73.1 Å². The fourth-order valence-corrected chi connectivity index (χ4v) is 2.15. The van der Waals surface area contributed by atoms with Gasteiger partial charge in [-0.1, -0.05) is 12.1 Å². The first-order valence-corrected chi connectivity index (χ1v) is 7.49. The van der Waals surface area contributed by atoms with Crippen LogP contribution in [0, 0.1) is 0 Å². The molecule has 1 N–H and O–H groups in total. The molecule has 23 heavy (non-hydrogen) atoms. The zero-order valence-corrected chi connectivity index (χ0v) is 13.1. The summed E-state index contributed by atoms with van der Waals surface area (Å²) in [6.45, 7) is 2.94. The number of methoxy groups -OCH3 is 1.